The van der Waals surface area contributed by atoms with Crippen molar-refractivity contribution >= 4 is 40.6 Å². The van der Waals surface area contributed by atoms with Crippen LogP contribution in [0.4, 0.5) is 16.2 Å². The molecule has 2 aromatic carbocycles. The zero-order valence-corrected chi connectivity index (χ0v) is 16.1. The second-order valence-electron chi connectivity index (χ2n) is 5.67. The lowest BCUT2D eigenvalue weighted by Gasteiger charge is -2.14. The molecule has 0 aliphatic heterocycles. The van der Waals surface area contributed by atoms with Crippen molar-refractivity contribution in [3.63, 3.8) is 0 Å². The highest BCUT2D eigenvalue weighted by molar-refractivity contribution is 6.30. The Labute approximate surface area is 167 Å². The van der Waals surface area contributed by atoms with Crippen LogP contribution in [-0.2, 0) is 7.05 Å². The minimum Gasteiger partial charge on any atom is -0.492 e. The van der Waals surface area contributed by atoms with Gasteiger partial charge in [0.05, 0.1) is 11.6 Å². The number of carbonyl (C=O) groups is 1. The summed E-state index contributed by atoms with van der Waals surface area (Å²) in [5.74, 6) is 1.05. The molecule has 2 amide bonds. The largest absolute Gasteiger partial charge is 0.492 e. The molecule has 3 rings (SSSR count). The maximum absolute atomic E-state index is 12.3. The van der Waals surface area contributed by atoms with E-state index in [1.165, 1.54) is 0 Å². The number of amides is 2. The molecule has 1 heterocycles. The molecule has 0 spiro atoms. The third-order valence-electron chi connectivity index (χ3n) is 3.77. The van der Waals surface area contributed by atoms with Crippen LogP contribution in [0.5, 0.6) is 5.75 Å². The second kappa shape index (κ2) is 8.79. The fourth-order valence-corrected chi connectivity index (χ4v) is 2.75. The standard InChI is InChI=1S/C19H18Cl2N4O2/c1-25-17(8-10-22-25)16-12-15(6-7-18(16)27-11-9-20)24-19(26)23-14-4-2-13(21)3-5-14/h2-8,10,12H,9,11H2,1H3,(H2,23,24,26). The molecule has 6 nitrogen and oxygen atoms in total. The molecular formula is C19H18Cl2N4O2. The first-order valence-electron chi connectivity index (χ1n) is 8.21. The lowest BCUT2D eigenvalue weighted by Crippen LogP contribution is -2.19. The summed E-state index contributed by atoms with van der Waals surface area (Å²) < 4.78 is 7.45. The average Bonchev–Trinajstić information content (AvgIpc) is 3.08. The predicted molar refractivity (Wildman–Crippen MR) is 109 cm³/mol. The van der Waals surface area contributed by atoms with E-state index < -0.39 is 0 Å². The number of rotatable bonds is 6. The molecule has 0 atom stereocenters. The van der Waals surface area contributed by atoms with Gasteiger partial charge in [0.15, 0.2) is 0 Å². The minimum atomic E-state index is -0.359. The third kappa shape index (κ3) is 4.93. The molecule has 0 saturated carbocycles. The van der Waals surface area contributed by atoms with Gasteiger partial charge in [-0.05, 0) is 48.5 Å². The Kier molecular flexibility index (Phi) is 6.21. The monoisotopic (exact) mass is 404 g/mol. The zero-order chi connectivity index (χ0) is 19.2. The van der Waals surface area contributed by atoms with Gasteiger partial charge in [0.1, 0.15) is 12.4 Å². The molecule has 140 valence electrons. The Morgan fingerprint density at radius 2 is 1.81 bits per heavy atom. The highest BCUT2D eigenvalue weighted by Crippen LogP contribution is 2.32. The van der Waals surface area contributed by atoms with Crippen LogP contribution in [0.25, 0.3) is 11.3 Å². The molecule has 0 aliphatic carbocycles. The van der Waals surface area contributed by atoms with E-state index in [-0.39, 0.29) is 6.03 Å². The molecule has 3 aromatic rings. The van der Waals surface area contributed by atoms with Crippen LogP contribution in [0.2, 0.25) is 5.02 Å². The minimum absolute atomic E-state index is 0.359. The number of urea groups is 1. The van der Waals surface area contributed by atoms with Crippen molar-refractivity contribution in [1.82, 2.24) is 9.78 Å². The Balaban J connectivity index is 1.80. The van der Waals surface area contributed by atoms with Crippen molar-refractivity contribution in [2.75, 3.05) is 23.1 Å². The number of anilines is 2. The van der Waals surface area contributed by atoms with Gasteiger partial charge in [-0.25, -0.2) is 4.79 Å². The molecule has 0 radical (unpaired) electrons. The van der Waals surface area contributed by atoms with Crippen molar-refractivity contribution in [2.24, 2.45) is 7.05 Å². The summed E-state index contributed by atoms with van der Waals surface area (Å²) in [6.07, 6.45) is 1.70. The van der Waals surface area contributed by atoms with E-state index in [0.29, 0.717) is 34.6 Å². The summed E-state index contributed by atoms with van der Waals surface area (Å²) in [4.78, 5) is 12.3. The van der Waals surface area contributed by atoms with E-state index in [4.69, 9.17) is 27.9 Å². The summed E-state index contributed by atoms with van der Waals surface area (Å²) in [6, 6.07) is 13.8. The van der Waals surface area contributed by atoms with Gasteiger partial charge in [0.2, 0.25) is 0 Å². The molecule has 0 bridgehead atoms. The fraction of sp³-hybridized carbons (Fsp3) is 0.158. The number of halogens is 2. The first kappa shape index (κ1) is 19.1. The van der Waals surface area contributed by atoms with E-state index in [9.17, 15) is 4.79 Å². The Bertz CT molecular complexity index is 926. The Morgan fingerprint density at radius 3 is 2.48 bits per heavy atom. The summed E-state index contributed by atoms with van der Waals surface area (Å²) >= 11 is 11.6. The van der Waals surface area contributed by atoms with Crippen LogP contribution in [0, 0.1) is 0 Å². The number of aryl methyl sites for hydroxylation is 1. The summed E-state index contributed by atoms with van der Waals surface area (Å²) in [7, 11) is 1.84. The number of alkyl halides is 1. The lowest BCUT2D eigenvalue weighted by molar-refractivity contribution is 0.262. The molecule has 0 unspecified atom stereocenters. The van der Waals surface area contributed by atoms with Crippen LogP contribution < -0.4 is 15.4 Å². The number of benzene rings is 2. The highest BCUT2D eigenvalue weighted by Gasteiger charge is 2.12. The van der Waals surface area contributed by atoms with Gasteiger partial charge >= 0.3 is 6.03 Å². The highest BCUT2D eigenvalue weighted by atomic mass is 35.5. The molecule has 0 aliphatic rings. The SMILES string of the molecule is Cn1nccc1-c1cc(NC(=O)Nc2ccc(Cl)cc2)ccc1OCCCl. The van der Waals surface area contributed by atoms with Crippen molar-refractivity contribution in [3.8, 4) is 17.0 Å². The van der Waals surface area contributed by atoms with E-state index in [2.05, 4.69) is 15.7 Å². The van der Waals surface area contributed by atoms with Crippen molar-refractivity contribution in [1.29, 1.82) is 0 Å². The number of hydrogen-bond acceptors (Lipinski definition) is 3. The quantitative estimate of drug-likeness (QED) is 0.567. The smallest absolute Gasteiger partial charge is 0.323 e. The van der Waals surface area contributed by atoms with Crippen molar-refractivity contribution in [3.05, 3.63) is 59.8 Å². The fourth-order valence-electron chi connectivity index (χ4n) is 2.55. The van der Waals surface area contributed by atoms with Gasteiger partial charge in [-0.1, -0.05) is 11.6 Å². The molecule has 0 saturated heterocycles. The van der Waals surface area contributed by atoms with E-state index in [0.717, 1.165) is 11.3 Å². The van der Waals surface area contributed by atoms with Gasteiger partial charge in [-0.15, -0.1) is 11.6 Å². The molecule has 1 aromatic heterocycles. The number of hydrogen-bond donors (Lipinski definition) is 2. The summed E-state index contributed by atoms with van der Waals surface area (Å²) in [6.45, 7) is 0.385. The maximum atomic E-state index is 12.3. The number of nitrogens with one attached hydrogen (secondary N) is 2. The molecule has 27 heavy (non-hydrogen) atoms. The van der Waals surface area contributed by atoms with Crippen molar-refractivity contribution in [2.45, 2.75) is 0 Å². The topological polar surface area (TPSA) is 68.2 Å². The van der Waals surface area contributed by atoms with Gasteiger partial charge in [-0.2, -0.15) is 5.10 Å². The van der Waals surface area contributed by atoms with Crippen LogP contribution in [0.15, 0.2) is 54.7 Å². The maximum Gasteiger partial charge on any atom is 0.323 e. The van der Waals surface area contributed by atoms with Crippen molar-refractivity contribution < 1.29 is 9.53 Å². The zero-order valence-electron chi connectivity index (χ0n) is 14.6. The molecule has 8 heteroatoms. The average molecular weight is 405 g/mol. The van der Waals surface area contributed by atoms with Gasteiger partial charge in [0.25, 0.3) is 0 Å². The predicted octanol–water partition coefficient (Wildman–Crippen LogP) is 5.00. The number of nitrogens with zero attached hydrogens (tertiary/aromatic N) is 2. The first-order chi connectivity index (χ1) is 13.1. The number of carbonyl (C=O) groups excluding carboxylic acids is 1. The van der Waals surface area contributed by atoms with E-state index in [1.807, 2.05) is 19.2 Å². The molecule has 2 N–H and O–H groups in total. The van der Waals surface area contributed by atoms with Crippen LogP contribution in [-0.4, -0.2) is 28.3 Å². The Hall–Kier alpha value is -2.70. The van der Waals surface area contributed by atoms with Crippen LogP contribution in [0.1, 0.15) is 0 Å². The van der Waals surface area contributed by atoms with Gasteiger partial charge < -0.3 is 15.4 Å². The Morgan fingerprint density at radius 1 is 1.11 bits per heavy atom. The first-order valence-corrected chi connectivity index (χ1v) is 9.13. The van der Waals surface area contributed by atoms with E-state index in [1.54, 1.807) is 47.3 Å². The number of ether oxygens (including phenoxy) is 1. The normalized spacial score (nSPS) is 10.5. The molecular weight excluding hydrogens is 387 g/mol. The van der Waals surface area contributed by atoms with E-state index >= 15 is 0 Å². The second-order valence-corrected chi connectivity index (χ2v) is 6.49. The van der Waals surface area contributed by atoms with Crippen LogP contribution in [0.3, 0.4) is 0 Å². The summed E-state index contributed by atoms with van der Waals surface area (Å²) in [5, 5.41) is 10.4. The number of aromatic nitrogens is 2. The summed E-state index contributed by atoms with van der Waals surface area (Å²) in [5.41, 5.74) is 2.94. The van der Waals surface area contributed by atoms with Crippen LogP contribution >= 0.6 is 23.2 Å². The van der Waals surface area contributed by atoms with Gasteiger partial charge in [-0.3, -0.25) is 4.68 Å². The third-order valence-corrected chi connectivity index (χ3v) is 4.18. The molecule has 0 fully saturated rings. The van der Waals surface area contributed by atoms with Gasteiger partial charge in [0, 0.05) is 35.2 Å². The lowest BCUT2D eigenvalue weighted by atomic mass is 10.1.